The molecule has 6 heteroatoms. The van der Waals surface area contributed by atoms with Crippen molar-refractivity contribution in [1.82, 2.24) is 4.90 Å². The van der Waals surface area contributed by atoms with Crippen LogP contribution in [0.15, 0.2) is 24.3 Å². The van der Waals surface area contributed by atoms with Crippen LogP contribution in [0.2, 0.25) is 0 Å². The lowest BCUT2D eigenvalue weighted by molar-refractivity contribution is -0.153. The Kier molecular flexibility index (Phi) is 5.26. The van der Waals surface area contributed by atoms with Crippen LogP contribution in [-0.2, 0) is 16.0 Å². The first-order valence-corrected chi connectivity index (χ1v) is 7.78. The van der Waals surface area contributed by atoms with E-state index in [0.717, 1.165) is 0 Å². The second kappa shape index (κ2) is 7.00. The van der Waals surface area contributed by atoms with Gasteiger partial charge in [-0.25, -0.2) is 4.79 Å². The topological polar surface area (TPSA) is 78.9 Å². The first kappa shape index (κ1) is 17.3. The number of aliphatic hydroxyl groups is 1. The SMILES string of the molecule is CC(C)(C)OC(=O)Cc1ccccc1NC(=O)N1CC[C@@H](O)C1. The second-order valence-electron chi connectivity index (χ2n) is 6.74. The van der Waals surface area contributed by atoms with Crippen molar-refractivity contribution >= 4 is 17.7 Å². The lowest BCUT2D eigenvalue weighted by Crippen LogP contribution is -2.34. The summed E-state index contributed by atoms with van der Waals surface area (Å²) in [4.78, 5) is 25.8. The quantitative estimate of drug-likeness (QED) is 0.837. The van der Waals surface area contributed by atoms with Gasteiger partial charge in [0.1, 0.15) is 5.60 Å². The molecule has 1 heterocycles. The van der Waals surface area contributed by atoms with E-state index in [9.17, 15) is 14.7 Å². The molecule has 0 aliphatic carbocycles. The average Bonchev–Trinajstić information content (AvgIpc) is 2.85. The molecule has 0 aromatic heterocycles. The molecule has 2 amide bonds. The molecule has 1 fully saturated rings. The number of hydrogen-bond acceptors (Lipinski definition) is 4. The summed E-state index contributed by atoms with van der Waals surface area (Å²) in [6.07, 6.45) is 0.223. The van der Waals surface area contributed by atoms with Crippen LogP contribution in [0.5, 0.6) is 0 Å². The molecule has 0 unspecified atom stereocenters. The molecule has 2 rings (SSSR count). The van der Waals surface area contributed by atoms with Crippen molar-refractivity contribution in [2.24, 2.45) is 0 Å². The molecule has 1 saturated heterocycles. The molecule has 23 heavy (non-hydrogen) atoms. The van der Waals surface area contributed by atoms with Crippen molar-refractivity contribution in [2.45, 2.75) is 45.3 Å². The smallest absolute Gasteiger partial charge is 0.321 e. The molecule has 0 spiro atoms. The number of benzene rings is 1. The van der Waals surface area contributed by atoms with Gasteiger partial charge in [-0.2, -0.15) is 0 Å². The average molecular weight is 320 g/mol. The highest BCUT2D eigenvalue weighted by Crippen LogP contribution is 2.19. The number of β-amino-alcohol motifs (C(OH)–C–C–N with tert-alkyl or cyclic N) is 1. The fourth-order valence-electron chi connectivity index (χ4n) is 2.45. The summed E-state index contributed by atoms with van der Waals surface area (Å²) in [5.41, 5.74) is 0.751. The Labute approximate surface area is 136 Å². The number of amides is 2. The maximum absolute atomic E-state index is 12.2. The lowest BCUT2D eigenvalue weighted by atomic mass is 10.1. The summed E-state index contributed by atoms with van der Waals surface area (Å²) >= 11 is 0. The molecule has 126 valence electrons. The number of esters is 1. The number of carbonyl (C=O) groups is 2. The summed E-state index contributed by atoms with van der Waals surface area (Å²) in [7, 11) is 0. The Bertz CT molecular complexity index is 580. The molecule has 0 radical (unpaired) electrons. The minimum Gasteiger partial charge on any atom is -0.460 e. The highest BCUT2D eigenvalue weighted by atomic mass is 16.6. The molecule has 0 bridgehead atoms. The predicted molar refractivity (Wildman–Crippen MR) is 87.2 cm³/mol. The number of nitrogens with one attached hydrogen (secondary N) is 1. The van der Waals surface area contributed by atoms with Crippen molar-refractivity contribution in [3.63, 3.8) is 0 Å². The minimum absolute atomic E-state index is 0.0936. The van der Waals surface area contributed by atoms with Crippen LogP contribution in [0.3, 0.4) is 0 Å². The Morgan fingerprint density at radius 1 is 1.35 bits per heavy atom. The Balaban J connectivity index is 2.02. The largest absolute Gasteiger partial charge is 0.460 e. The van der Waals surface area contributed by atoms with Gasteiger partial charge in [-0.3, -0.25) is 4.79 Å². The monoisotopic (exact) mass is 320 g/mol. The van der Waals surface area contributed by atoms with Crippen LogP contribution in [0.4, 0.5) is 10.5 Å². The highest BCUT2D eigenvalue weighted by Gasteiger charge is 2.25. The van der Waals surface area contributed by atoms with Gasteiger partial charge < -0.3 is 20.1 Å². The minimum atomic E-state index is -0.541. The molecule has 1 aliphatic heterocycles. The molecule has 1 aromatic carbocycles. The molecule has 1 aromatic rings. The summed E-state index contributed by atoms with van der Waals surface area (Å²) in [6, 6.07) is 6.89. The van der Waals surface area contributed by atoms with Crippen molar-refractivity contribution in [3.05, 3.63) is 29.8 Å². The van der Waals surface area contributed by atoms with Crippen molar-refractivity contribution < 1.29 is 19.4 Å². The van der Waals surface area contributed by atoms with Gasteiger partial charge in [0.15, 0.2) is 0 Å². The third-order valence-corrected chi connectivity index (χ3v) is 3.46. The van der Waals surface area contributed by atoms with Crippen LogP contribution in [0, 0.1) is 0 Å². The van der Waals surface area contributed by atoms with Gasteiger partial charge in [0.2, 0.25) is 0 Å². The van der Waals surface area contributed by atoms with Crippen LogP contribution in [0.25, 0.3) is 0 Å². The number of rotatable bonds is 3. The van der Waals surface area contributed by atoms with Crippen LogP contribution in [0.1, 0.15) is 32.8 Å². The number of carbonyl (C=O) groups excluding carboxylic acids is 2. The van der Waals surface area contributed by atoms with E-state index in [1.807, 2.05) is 26.8 Å². The molecular weight excluding hydrogens is 296 g/mol. The van der Waals surface area contributed by atoms with E-state index in [2.05, 4.69) is 5.32 Å². The molecule has 2 N–H and O–H groups in total. The standard InChI is InChI=1S/C17H24N2O4/c1-17(2,3)23-15(21)10-12-6-4-5-7-14(12)18-16(22)19-9-8-13(20)11-19/h4-7,13,20H,8-11H2,1-3H3,(H,18,22)/t13-/m1/s1. The van der Waals surface area contributed by atoms with Gasteiger partial charge in [-0.05, 0) is 38.8 Å². The number of ether oxygens (including phenoxy) is 1. The normalized spacial score (nSPS) is 17.9. The first-order valence-electron chi connectivity index (χ1n) is 7.78. The van der Waals surface area contributed by atoms with Crippen molar-refractivity contribution in [2.75, 3.05) is 18.4 Å². The van der Waals surface area contributed by atoms with Gasteiger partial charge >= 0.3 is 12.0 Å². The molecule has 6 nitrogen and oxygen atoms in total. The number of urea groups is 1. The number of anilines is 1. The number of para-hydroxylation sites is 1. The fraction of sp³-hybridized carbons (Fsp3) is 0.529. The summed E-state index contributed by atoms with van der Waals surface area (Å²) in [6.45, 7) is 6.31. The molecule has 1 aliphatic rings. The number of nitrogens with zero attached hydrogens (tertiary/aromatic N) is 1. The summed E-state index contributed by atoms with van der Waals surface area (Å²) in [5, 5.41) is 12.3. The Hall–Kier alpha value is -2.08. The van der Waals surface area contributed by atoms with Gasteiger partial charge in [-0.1, -0.05) is 18.2 Å². The fourth-order valence-corrected chi connectivity index (χ4v) is 2.45. The highest BCUT2D eigenvalue weighted by molar-refractivity contribution is 5.91. The first-order chi connectivity index (χ1) is 10.7. The van der Waals surface area contributed by atoms with Gasteiger partial charge in [-0.15, -0.1) is 0 Å². The third-order valence-electron chi connectivity index (χ3n) is 3.46. The van der Waals surface area contributed by atoms with Crippen molar-refractivity contribution in [1.29, 1.82) is 0 Å². The lowest BCUT2D eigenvalue weighted by Gasteiger charge is -2.21. The van der Waals surface area contributed by atoms with E-state index in [-0.39, 0.29) is 18.4 Å². The summed E-state index contributed by atoms with van der Waals surface area (Å²) < 4.78 is 5.32. The third kappa shape index (κ3) is 5.25. The van der Waals surface area contributed by atoms with Crippen LogP contribution >= 0.6 is 0 Å². The van der Waals surface area contributed by atoms with Crippen LogP contribution < -0.4 is 5.32 Å². The number of aliphatic hydroxyl groups excluding tert-OH is 1. The van der Waals surface area contributed by atoms with E-state index in [4.69, 9.17) is 4.74 Å². The maximum Gasteiger partial charge on any atom is 0.321 e. The molecular formula is C17H24N2O4. The van der Waals surface area contributed by atoms with Gasteiger partial charge in [0, 0.05) is 18.8 Å². The maximum atomic E-state index is 12.2. The predicted octanol–water partition coefficient (Wildman–Crippen LogP) is 2.17. The van der Waals surface area contributed by atoms with Crippen molar-refractivity contribution in [3.8, 4) is 0 Å². The van der Waals surface area contributed by atoms with E-state index < -0.39 is 11.7 Å². The molecule has 0 saturated carbocycles. The van der Waals surface area contributed by atoms with E-state index in [0.29, 0.717) is 30.8 Å². The van der Waals surface area contributed by atoms with Crippen LogP contribution in [-0.4, -0.2) is 46.8 Å². The van der Waals surface area contributed by atoms with E-state index in [1.165, 1.54) is 0 Å². The Morgan fingerprint density at radius 2 is 2.04 bits per heavy atom. The number of likely N-dealkylation sites (tertiary alicyclic amines) is 1. The molecule has 1 atom stereocenters. The summed E-state index contributed by atoms with van der Waals surface area (Å²) in [5.74, 6) is -0.337. The van der Waals surface area contributed by atoms with E-state index in [1.54, 1.807) is 23.1 Å². The zero-order valence-corrected chi connectivity index (χ0v) is 13.8. The zero-order chi connectivity index (χ0) is 17.0. The number of hydrogen-bond donors (Lipinski definition) is 2. The second-order valence-corrected chi connectivity index (χ2v) is 6.74. The van der Waals surface area contributed by atoms with E-state index >= 15 is 0 Å². The zero-order valence-electron chi connectivity index (χ0n) is 13.8. The Morgan fingerprint density at radius 3 is 2.65 bits per heavy atom. The van der Waals surface area contributed by atoms with Gasteiger partial charge in [0.05, 0.1) is 12.5 Å². The van der Waals surface area contributed by atoms with Gasteiger partial charge in [0.25, 0.3) is 0 Å².